The third-order valence-electron chi connectivity index (χ3n) is 2.91. The molecule has 0 saturated heterocycles. The number of methoxy groups -OCH3 is 2. The van der Waals surface area contributed by atoms with Crippen LogP contribution in [0.25, 0.3) is 0 Å². The minimum Gasteiger partial charge on any atom is -0.467 e. The van der Waals surface area contributed by atoms with Gasteiger partial charge < -0.3 is 29.6 Å². The van der Waals surface area contributed by atoms with E-state index in [0.717, 1.165) is 0 Å². The van der Waals surface area contributed by atoms with E-state index in [1.54, 1.807) is 41.5 Å². The van der Waals surface area contributed by atoms with Gasteiger partial charge in [0.05, 0.1) is 14.2 Å². The second-order valence-electron chi connectivity index (χ2n) is 8.01. The molecule has 0 aromatic rings. The van der Waals surface area contributed by atoms with Crippen LogP contribution >= 0.6 is 21.6 Å². The summed E-state index contributed by atoms with van der Waals surface area (Å²) in [7, 11) is 4.83. The number of ether oxygens (including phenoxy) is 4. The van der Waals surface area contributed by atoms with E-state index in [1.165, 1.54) is 35.8 Å². The van der Waals surface area contributed by atoms with Crippen LogP contribution in [0.2, 0.25) is 0 Å². The first kappa shape index (κ1) is 28.2. The van der Waals surface area contributed by atoms with Crippen molar-refractivity contribution in [1.82, 2.24) is 10.6 Å². The Balaban J connectivity index is 4.74. The van der Waals surface area contributed by atoms with Crippen molar-refractivity contribution in [2.24, 2.45) is 0 Å². The number of rotatable bonds is 9. The second-order valence-corrected chi connectivity index (χ2v) is 10.6. The van der Waals surface area contributed by atoms with Crippen LogP contribution in [0.1, 0.15) is 41.5 Å². The predicted octanol–water partition coefficient (Wildman–Crippen LogP) is 2.50. The molecule has 12 heteroatoms. The fraction of sp³-hybridized carbons (Fsp3) is 0.778. The summed E-state index contributed by atoms with van der Waals surface area (Å²) in [5.74, 6) is -0.968. The van der Waals surface area contributed by atoms with Crippen LogP contribution in [0.15, 0.2) is 0 Å². The van der Waals surface area contributed by atoms with E-state index in [1.807, 2.05) is 0 Å². The van der Waals surface area contributed by atoms with Gasteiger partial charge in [0, 0.05) is 11.5 Å². The van der Waals surface area contributed by atoms with Gasteiger partial charge in [-0.05, 0) is 41.5 Å². The van der Waals surface area contributed by atoms with Gasteiger partial charge in [0.15, 0.2) is 0 Å². The summed E-state index contributed by atoms with van der Waals surface area (Å²) >= 11 is 0. The molecule has 0 radical (unpaired) electrons. The van der Waals surface area contributed by atoms with Gasteiger partial charge in [-0.3, -0.25) is 0 Å². The number of esters is 2. The van der Waals surface area contributed by atoms with Gasteiger partial charge in [0.25, 0.3) is 0 Å². The van der Waals surface area contributed by atoms with Crippen molar-refractivity contribution >= 4 is 45.7 Å². The molecule has 0 aromatic carbocycles. The van der Waals surface area contributed by atoms with Gasteiger partial charge in [-0.15, -0.1) is 0 Å². The second kappa shape index (κ2) is 12.8. The van der Waals surface area contributed by atoms with Crippen molar-refractivity contribution in [3.05, 3.63) is 0 Å². The molecule has 2 N–H and O–H groups in total. The summed E-state index contributed by atoms with van der Waals surface area (Å²) in [5.41, 5.74) is -1.43. The average molecular weight is 469 g/mol. The number of carbonyl (C=O) groups is 4. The van der Waals surface area contributed by atoms with Crippen molar-refractivity contribution < 1.29 is 38.1 Å². The van der Waals surface area contributed by atoms with E-state index < -0.39 is 47.4 Å². The van der Waals surface area contributed by atoms with Crippen LogP contribution in [-0.4, -0.2) is 73.1 Å². The number of carbonyl (C=O) groups excluding carboxylic acids is 4. The molecule has 0 fully saturated rings. The molecular formula is C18H32N2O8S2. The molecule has 1 unspecified atom stereocenters. The molecule has 0 aliphatic rings. The molecule has 0 bridgehead atoms. The van der Waals surface area contributed by atoms with Crippen LogP contribution in [0.5, 0.6) is 0 Å². The highest BCUT2D eigenvalue weighted by molar-refractivity contribution is 8.76. The maximum absolute atomic E-state index is 11.9. The van der Waals surface area contributed by atoms with Crippen LogP contribution in [0.3, 0.4) is 0 Å². The number of hydrogen-bond acceptors (Lipinski definition) is 10. The number of nitrogens with one attached hydrogen (secondary N) is 2. The molecule has 0 saturated carbocycles. The monoisotopic (exact) mass is 468 g/mol. The SMILES string of the molecule is COC(=O)C(CSSC[C@H](NC(=O)OC(C)(C)C)C(=O)OC)NC(=O)OC(C)(C)C. The lowest BCUT2D eigenvalue weighted by atomic mass is 10.2. The van der Waals surface area contributed by atoms with Gasteiger partial charge in [0.2, 0.25) is 0 Å². The first-order valence-corrected chi connectivity index (χ1v) is 11.6. The van der Waals surface area contributed by atoms with Crippen molar-refractivity contribution in [3.63, 3.8) is 0 Å². The van der Waals surface area contributed by atoms with Gasteiger partial charge in [-0.1, -0.05) is 21.6 Å². The lowest BCUT2D eigenvalue weighted by Crippen LogP contribution is -2.46. The summed E-state index contributed by atoms with van der Waals surface area (Å²) < 4.78 is 19.7. The Kier molecular flexibility index (Phi) is 12.0. The lowest BCUT2D eigenvalue weighted by molar-refractivity contribution is -0.143. The third-order valence-corrected chi connectivity index (χ3v) is 5.33. The largest absolute Gasteiger partial charge is 0.467 e. The normalized spacial score (nSPS) is 13.5. The molecule has 0 aliphatic heterocycles. The van der Waals surface area contributed by atoms with E-state index >= 15 is 0 Å². The first-order valence-electron chi connectivity index (χ1n) is 9.07. The third kappa shape index (κ3) is 13.4. The molecule has 2 amide bonds. The standard InChI is InChI=1S/C18H32N2O8S2/c1-17(2,3)27-15(23)19-11(13(21)25-7)9-29-30-10-12(14(22)26-8)20-16(24)28-18(4,5)6/h11-12H,9-10H2,1-8H3,(H,19,23)(H,20,24)/t11-,12?/m0/s1. The highest BCUT2D eigenvalue weighted by atomic mass is 33.1. The Morgan fingerprint density at radius 3 is 1.23 bits per heavy atom. The Bertz CT molecular complexity index is 550. The molecule has 2 atom stereocenters. The maximum Gasteiger partial charge on any atom is 0.408 e. The van der Waals surface area contributed by atoms with E-state index in [0.29, 0.717) is 0 Å². The molecule has 174 valence electrons. The number of hydrogen-bond donors (Lipinski definition) is 2. The first-order chi connectivity index (χ1) is 13.7. The van der Waals surface area contributed by atoms with E-state index in [4.69, 9.17) is 18.9 Å². The summed E-state index contributed by atoms with van der Waals surface area (Å²) in [4.78, 5) is 47.7. The Morgan fingerprint density at radius 1 is 0.700 bits per heavy atom. The van der Waals surface area contributed by atoms with Gasteiger partial charge >= 0.3 is 24.1 Å². The van der Waals surface area contributed by atoms with E-state index in [2.05, 4.69) is 10.6 Å². The van der Waals surface area contributed by atoms with Crippen molar-refractivity contribution in [2.75, 3.05) is 25.7 Å². The minimum atomic E-state index is -0.947. The fourth-order valence-corrected chi connectivity index (χ4v) is 4.05. The zero-order valence-corrected chi connectivity index (χ0v) is 20.3. The van der Waals surface area contributed by atoms with Crippen LogP contribution < -0.4 is 10.6 Å². The summed E-state index contributed by atoms with van der Waals surface area (Å²) in [6.07, 6.45) is -1.50. The molecule has 0 heterocycles. The zero-order valence-electron chi connectivity index (χ0n) is 18.7. The quantitative estimate of drug-likeness (QED) is 0.225. The van der Waals surface area contributed by atoms with Crippen LogP contribution in [-0.2, 0) is 28.5 Å². The topological polar surface area (TPSA) is 129 Å². The highest BCUT2D eigenvalue weighted by Crippen LogP contribution is 2.24. The fourth-order valence-electron chi connectivity index (χ4n) is 1.75. The highest BCUT2D eigenvalue weighted by Gasteiger charge is 2.27. The molecule has 0 aromatic heterocycles. The molecule has 30 heavy (non-hydrogen) atoms. The van der Waals surface area contributed by atoms with Crippen molar-refractivity contribution in [1.29, 1.82) is 0 Å². The Hall–Kier alpha value is -1.82. The van der Waals surface area contributed by atoms with Crippen molar-refractivity contribution in [2.45, 2.75) is 64.8 Å². The number of amides is 2. The molecule has 10 nitrogen and oxygen atoms in total. The van der Waals surface area contributed by atoms with E-state index in [9.17, 15) is 19.2 Å². The summed E-state index contributed by atoms with van der Waals surface area (Å²) in [6.45, 7) is 10.2. The Morgan fingerprint density at radius 2 is 1.00 bits per heavy atom. The van der Waals surface area contributed by atoms with Crippen LogP contribution in [0.4, 0.5) is 9.59 Å². The lowest BCUT2D eigenvalue weighted by Gasteiger charge is -2.23. The Labute approximate surface area is 185 Å². The van der Waals surface area contributed by atoms with Gasteiger partial charge in [-0.2, -0.15) is 0 Å². The molecule has 0 aliphatic carbocycles. The summed E-state index contributed by atoms with van der Waals surface area (Å²) in [6, 6.07) is -1.89. The average Bonchev–Trinajstić information content (AvgIpc) is 2.58. The number of alkyl carbamates (subject to hydrolysis) is 2. The predicted molar refractivity (Wildman–Crippen MR) is 115 cm³/mol. The minimum absolute atomic E-state index is 0.150. The smallest absolute Gasteiger partial charge is 0.408 e. The van der Waals surface area contributed by atoms with Gasteiger partial charge in [0.1, 0.15) is 23.3 Å². The maximum atomic E-state index is 11.9. The summed E-state index contributed by atoms with van der Waals surface area (Å²) in [5, 5.41) is 4.91. The molecular weight excluding hydrogens is 436 g/mol. The zero-order chi connectivity index (χ0) is 23.5. The van der Waals surface area contributed by atoms with Crippen LogP contribution in [0, 0.1) is 0 Å². The van der Waals surface area contributed by atoms with E-state index in [-0.39, 0.29) is 11.5 Å². The van der Waals surface area contributed by atoms with Gasteiger partial charge in [-0.25, -0.2) is 19.2 Å². The molecule has 0 rings (SSSR count). The van der Waals surface area contributed by atoms with Crippen molar-refractivity contribution in [3.8, 4) is 0 Å². The molecule has 0 spiro atoms.